The Hall–Kier alpha value is -2.80. The van der Waals surface area contributed by atoms with Gasteiger partial charge in [-0.3, -0.25) is 5.32 Å². The number of nitrogens with one attached hydrogen (secondary N) is 2. The molecule has 8 heteroatoms. The van der Waals surface area contributed by atoms with Crippen molar-refractivity contribution in [2.45, 2.75) is 39.2 Å². The van der Waals surface area contributed by atoms with Crippen molar-refractivity contribution in [3.63, 3.8) is 0 Å². The van der Waals surface area contributed by atoms with Crippen LogP contribution in [-0.2, 0) is 6.42 Å². The van der Waals surface area contributed by atoms with Gasteiger partial charge in [0.25, 0.3) is 0 Å². The lowest BCUT2D eigenvalue weighted by Gasteiger charge is -2.40. The van der Waals surface area contributed by atoms with E-state index < -0.39 is 0 Å². The van der Waals surface area contributed by atoms with Gasteiger partial charge in [0.05, 0.1) is 16.1 Å². The Kier molecular flexibility index (Phi) is 6.08. The molecule has 1 saturated heterocycles. The third-order valence-corrected chi connectivity index (χ3v) is 5.81. The molecule has 2 amide bonds. The van der Waals surface area contributed by atoms with Crippen LogP contribution in [0.2, 0.25) is 5.02 Å². The van der Waals surface area contributed by atoms with Crippen LogP contribution >= 0.6 is 11.6 Å². The van der Waals surface area contributed by atoms with Gasteiger partial charge in [-0.1, -0.05) is 31.0 Å². The topological polar surface area (TPSA) is 77.2 Å². The van der Waals surface area contributed by atoms with E-state index in [-0.39, 0.29) is 12.1 Å². The lowest BCUT2D eigenvalue weighted by molar-refractivity contribution is 0.184. The molecule has 1 atom stereocenters. The number of nitrogens with zero attached hydrogens (tertiary/aromatic N) is 4. The summed E-state index contributed by atoms with van der Waals surface area (Å²) in [6, 6.07) is 9.74. The third kappa shape index (κ3) is 4.36. The molecule has 0 radical (unpaired) electrons. The number of piperazine rings is 1. The van der Waals surface area contributed by atoms with Crippen molar-refractivity contribution in [3.8, 4) is 0 Å². The highest BCUT2D eigenvalue weighted by Crippen LogP contribution is 2.25. The van der Waals surface area contributed by atoms with Crippen molar-refractivity contribution in [2.75, 3.05) is 29.9 Å². The van der Waals surface area contributed by atoms with E-state index in [0.717, 1.165) is 29.7 Å². The molecule has 1 aliphatic rings. The SMILES string of the molecule is CCCCc1ccc2nc(NC(=O)N3CCN(c4ncccc4Cl)C[C@H]3C)[nH]c2c1. The van der Waals surface area contributed by atoms with Crippen molar-refractivity contribution in [1.29, 1.82) is 0 Å². The van der Waals surface area contributed by atoms with Gasteiger partial charge in [-0.25, -0.2) is 14.8 Å². The molecule has 2 N–H and O–H groups in total. The quantitative estimate of drug-likeness (QED) is 0.620. The molecule has 158 valence electrons. The van der Waals surface area contributed by atoms with Gasteiger partial charge in [0.1, 0.15) is 5.82 Å². The number of aromatic nitrogens is 3. The lowest BCUT2D eigenvalue weighted by atomic mass is 10.1. The number of pyridine rings is 1. The normalized spacial score (nSPS) is 16.8. The highest BCUT2D eigenvalue weighted by Gasteiger charge is 2.29. The number of anilines is 2. The van der Waals surface area contributed by atoms with E-state index in [1.165, 1.54) is 12.0 Å². The molecule has 0 aliphatic carbocycles. The maximum atomic E-state index is 12.9. The number of imidazole rings is 1. The van der Waals surface area contributed by atoms with Gasteiger partial charge in [0, 0.05) is 31.9 Å². The smallest absolute Gasteiger partial charge is 0.324 e. The monoisotopic (exact) mass is 426 g/mol. The molecule has 1 aliphatic heterocycles. The molecule has 3 heterocycles. The van der Waals surface area contributed by atoms with E-state index in [4.69, 9.17) is 11.6 Å². The molecule has 0 unspecified atom stereocenters. The van der Waals surface area contributed by atoms with Crippen LogP contribution in [0.4, 0.5) is 16.6 Å². The number of urea groups is 1. The first-order valence-electron chi connectivity index (χ1n) is 10.5. The van der Waals surface area contributed by atoms with Gasteiger partial charge in [-0.2, -0.15) is 0 Å². The summed E-state index contributed by atoms with van der Waals surface area (Å²) >= 11 is 6.28. The number of amides is 2. The number of unbranched alkanes of at least 4 members (excludes halogenated alkanes) is 1. The first-order chi connectivity index (χ1) is 14.5. The maximum Gasteiger partial charge on any atom is 0.324 e. The zero-order valence-corrected chi connectivity index (χ0v) is 18.1. The van der Waals surface area contributed by atoms with Gasteiger partial charge in [-0.05, 0) is 49.6 Å². The number of fused-ring (bicyclic) bond motifs is 1. The summed E-state index contributed by atoms with van der Waals surface area (Å²) in [7, 11) is 0. The molecule has 0 spiro atoms. The molecule has 0 bridgehead atoms. The highest BCUT2D eigenvalue weighted by molar-refractivity contribution is 6.32. The van der Waals surface area contributed by atoms with Gasteiger partial charge < -0.3 is 14.8 Å². The Morgan fingerprint density at radius 2 is 2.20 bits per heavy atom. The fourth-order valence-electron chi connectivity index (χ4n) is 3.89. The first-order valence-corrected chi connectivity index (χ1v) is 10.8. The van der Waals surface area contributed by atoms with Crippen LogP contribution in [-0.4, -0.2) is 51.6 Å². The minimum Gasteiger partial charge on any atom is -0.352 e. The average molecular weight is 427 g/mol. The van der Waals surface area contributed by atoms with Crippen LogP contribution < -0.4 is 10.2 Å². The van der Waals surface area contributed by atoms with Gasteiger partial charge >= 0.3 is 6.03 Å². The third-order valence-electron chi connectivity index (χ3n) is 5.52. The lowest BCUT2D eigenvalue weighted by Crippen LogP contribution is -2.55. The summed E-state index contributed by atoms with van der Waals surface area (Å²) < 4.78 is 0. The Balaban J connectivity index is 1.41. The maximum absolute atomic E-state index is 12.9. The van der Waals surface area contributed by atoms with Gasteiger partial charge in [-0.15, -0.1) is 0 Å². The highest BCUT2D eigenvalue weighted by atomic mass is 35.5. The van der Waals surface area contributed by atoms with Crippen molar-refractivity contribution in [2.24, 2.45) is 0 Å². The summed E-state index contributed by atoms with van der Waals surface area (Å²) in [6.45, 7) is 6.15. The summed E-state index contributed by atoms with van der Waals surface area (Å²) in [5.41, 5.74) is 3.08. The predicted molar refractivity (Wildman–Crippen MR) is 121 cm³/mol. The number of rotatable bonds is 5. The van der Waals surface area contributed by atoms with E-state index in [9.17, 15) is 4.79 Å². The molecule has 30 heavy (non-hydrogen) atoms. The summed E-state index contributed by atoms with van der Waals surface area (Å²) in [6.07, 6.45) is 5.12. The number of aromatic amines is 1. The molecular formula is C22H27ClN6O. The van der Waals surface area contributed by atoms with Crippen LogP contribution in [0, 0.1) is 0 Å². The standard InChI is InChI=1S/C22H27ClN6O/c1-3-4-6-16-8-9-18-19(13-16)26-21(25-18)27-22(30)29-12-11-28(14-15(29)2)20-17(23)7-5-10-24-20/h5,7-10,13,15H,3-4,6,11-12,14H2,1-2H3,(H2,25,26,27,30)/t15-/m1/s1. The fourth-order valence-corrected chi connectivity index (χ4v) is 4.13. The number of H-pyrrole nitrogens is 1. The molecule has 0 saturated carbocycles. The van der Waals surface area contributed by atoms with Crippen molar-refractivity contribution >= 4 is 40.4 Å². The molecular weight excluding hydrogens is 400 g/mol. The number of hydrogen-bond acceptors (Lipinski definition) is 4. The second kappa shape index (κ2) is 8.92. The second-order valence-electron chi connectivity index (χ2n) is 7.77. The second-order valence-corrected chi connectivity index (χ2v) is 8.18. The zero-order valence-electron chi connectivity index (χ0n) is 17.4. The van der Waals surface area contributed by atoms with Crippen molar-refractivity contribution in [1.82, 2.24) is 19.9 Å². The molecule has 1 aromatic carbocycles. The van der Waals surface area contributed by atoms with E-state index in [2.05, 4.69) is 44.2 Å². The Bertz CT molecular complexity index is 1040. The largest absolute Gasteiger partial charge is 0.352 e. The van der Waals surface area contributed by atoms with Crippen LogP contribution in [0.15, 0.2) is 36.5 Å². The van der Waals surface area contributed by atoms with Crippen LogP contribution in [0.3, 0.4) is 0 Å². The molecule has 1 fully saturated rings. The number of halogens is 1. The number of hydrogen-bond donors (Lipinski definition) is 2. The van der Waals surface area contributed by atoms with Crippen molar-refractivity contribution < 1.29 is 4.79 Å². The van der Waals surface area contributed by atoms with Gasteiger partial charge in [0.2, 0.25) is 5.95 Å². The van der Waals surface area contributed by atoms with E-state index >= 15 is 0 Å². The fraction of sp³-hybridized carbons (Fsp3) is 0.409. The van der Waals surface area contributed by atoms with E-state index in [1.54, 1.807) is 6.20 Å². The van der Waals surface area contributed by atoms with Crippen LogP contribution in [0.1, 0.15) is 32.3 Å². The first kappa shape index (κ1) is 20.5. The minimum absolute atomic E-state index is 0.0156. The van der Waals surface area contributed by atoms with Gasteiger partial charge in [0.15, 0.2) is 0 Å². The predicted octanol–water partition coefficient (Wildman–Crippen LogP) is 4.70. The summed E-state index contributed by atoms with van der Waals surface area (Å²) in [5.74, 6) is 1.24. The van der Waals surface area contributed by atoms with E-state index in [0.29, 0.717) is 30.6 Å². The minimum atomic E-state index is -0.153. The molecule has 7 nitrogen and oxygen atoms in total. The summed E-state index contributed by atoms with van der Waals surface area (Å²) in [5, 5.41) is 3.55. The average Bonchev–Trinajstić information content (AvgIpc) is 3.13. The number of aryl methyl sites for hydroxylation is 1. The Labute approximate surface area is 181 Å². The molecule has 4 rings (SSSR count). The van der Waals surface area contributed by atoms with E-state index in [1.807, 2.05) is 30.0 Å². The Morgan fingerprint density at radius 1 is 1.33 bits per heavy atom. The van der Waals surface area contributed by atoms with Crippen molar-refractivity contribution in [3.05, 3.63) is 47.1 Å². The number of carbonyl (C=O) groups excluding carboxylic acids is 1. The zero-order chi connectivity index (χ0) is 21.1. The molecule has 3 aromatic rings. The number of benzene rings is 1. The van der Waals surface area contributed by atoms with Crippen LogP contribution in [0.5, 0.6) is 0 Å². The number of carbonyl (C=O) groups is 1. The summed E-state index contributed by atoms with van der Waals surface area (Å²) in [4.78, 5) is 28.9. The van der Waals surface area contributed by atoms with Crippen LogP contribution in [0.25, 0.3) is 11.0 Å². The molecule has 2 aromatic heterocycles. The Morgan fingerprint density at radius 3 is 2.97 bits per heavy atom.